The van der Waals surface area contributed by atoms with Crippen molar-refractivity contribution in [2.24, 2.45) is 5.73 Å². The lowest BCUT2D eigenvalue weighted by atomic mass is 10.1. The normalized spacial score (nSPS) is 10.3. The first kappa shape index (κ1) is 17.9. The number of aryl methyl sites for hydroxylation is 2. The minimum atomic E-state index is -0.749. The highest BCUT2D eigenvalue weighted by molar-refractivity contribution is 7.14. The van der Waals surface area contributed by atoms with E-state index in [-0.39, 0.29) is 16.3 Å². The van der Waals surface area contributed by atoms with Crippen LogP contribution in [0.3, 0.4) is 0 Å². The fraction of sp³-hybridized carbons (Fsp3) is 0.200. The second-order valence-electron chi connectivity index (χ2n) is 4.90. The summed E-state index contributed by atoms with van der Waals surface area (Å²) >= 11 is 7.09. The van der Waals surface area contributed by atoms with Crippen LogP contribution in [-0.4, -0.2) is 29.4 Å². The van der Waals surface area contributed by atoms with E-state index >= 15 is 0 Å². The van der Waals surface area contributed by atoms with Gasteiger partial charge in [0.25, 0.3) is 11.8 Å². The molecule has 7 nitrogen and oxygen atoms in total. The van der Waals surface area contributed by atoms with Crippen LogP contribution in [0.5, 0.6) is 0 Å². The molecule has 0 saturated carbocycles. The maximum Gasteiger partial charge on any atom is 0.342 e. The second-order valence-corrected chi connectivity index (χ2v) is 6.17. The van der Waals surface area contributed by atoms with Crippen molar-refractivity contribution >= 4 is 45.7 Å². The number of primary amides is 1. The van der Waals surface area contributed by atoms with Gasteiger partial charge in [-0.05, 0) is 36.9 Å². The zero-order valence-electron chi connectivity index (χ0n) is 12.9. The molecule has 9 heteroatoms. The number of hydrogen-bond donors (Lipinski definition) is 2. The highest BCUT2D eigenvalue weighted by atomic mass is 35.5. The number of amides is 2. The smallest absolute Gasteiger partial charge is 0.342 e. The standard InChI is InChI=1S/C15H14ClN3O4S/c1-7-5-8(2)18-12(16)11(7)15(22)23-6-10(20)19-14-9(13(17)21)3-4-24-14/h3-5H,6H2,1-2H3,(H2,17,21)(H,19,20). The highest BCUT2D eigenvalue weighted by Gasteiger charge is 2.19. The number of esters is 1. The molecular formula is C15H14ClN3O4S. The Labute approximate surface area is 146 Å². The molecule has 0 unspecified atom stereocenters. The minimum absolute atomic E-state index is 0.0205. The zero-order valence-corrected chi connectivity index (χ0v) is 14.5. The molecule has 0 bridgehead atoms. The second kappa shape index (κ2) is 7.41. The summed E-state index contributed by atoms with van der Waals surface area (Å²) in [5.74, 6) is -2.00. The van der Waals surface area contributed by atoms with Gasteiger partial charge < -0.3 is 15.8 Å². The zero-order chi connectivity index (χ0) is 17.9. The molecule has 0 aliphatic heterocycles. The molecule has 2 amide bonds. The van der Waals surface area contributed by atoms with Gasteiger partial charge in [-0.2, -0.15) is 0 Å². The van der Waals surface area contributed by atoms with Crippen molar-refractivity contribution in [3.63, 3.8) is 0 Å². The van der Waals surface area contributed by atoms with Gasteiger partial charge in [0.15, 0.2) is 6.61 Å². The summed E-state index contributed by atoms with van der Waals surface area (Å²) in [7, 11) is 0. The van der Waals surface area contributed by atoms with Crippen LogP contribution < -0.4 is 11.1 Å². The van der Waals surface area contributed by atoms with Crippen molar-refractivity contribution in [1.82, 2.24) is 4.98 Å². The van der Waals surface area contributed by atoms with Gasteiger partial charge in [-0.15, -0.1) is 11.3 Å². The summed E-state index contributed by atoms with van der Waals surface area (Å²) in [5, 5.41) is 4.41. The molecule has 0 atom stereocenters. The maximum absolute atomic E-state index is 12.1. The van der Waals surface area contributed by atoms with E-state index in [9.17, 15) is 14.4 Å². The number of thiophene rings is 1. The molecule has 0 aliphatic carbocycles. The maximum atomic E-state index is 12.1. The summed E-state index contributed by atoms with van der Waals surface area (Å²) in [6.45, 7) is 2.92. The SMILES string of the molecule is Cc1cc(C)c(C(=O)OCC(=O)Nc2sccc2C(N)=O)c(Cl)n1. The summed E-state index contributed by atoms with van der Waals surface area (Å²) in [6.07, 6.45) is 0. The number of ether oxygens (including phenoxy) is 1. The number of carbonyl (C=O) groups excluding carboxylic acids is 3. The van der Waals surface area contributed by atoms with E-state index in [4.69, 9.17) is 22.1 Å². The number of pyridine rings is 1. The Morgan fingerprint density at radius 3 is 2.71 bits per heavy atom. The van der Waals surface area contributed by atoms with Crippen LogP contribution in [0.4, 0.5) is 5.00 Å². The molecule has 24 heavy (non-hydrogen) atoms. The number of halogens is 1. The number of hydrogen-bond acceptors (Lipinski definition) is 6. The Kier molecular flexibility index (Phi) is 5.53. The summed E-state index contributed by atoms with van der Waals surface area (Å²) in [6, 6.07) is 3.18. The molecule has 0 aliphatic rings. The number of carbonyl (C=O) groups is 3. The molecular weight excluding hydrogens is 354 g/mol. The average Bonchev–Trinajstić information content (AvgIpc) is 2.92. The minimum Gasteiger partial charge on any atom is -0.452 e. The Bertz CT molecular complexity index is 796. The topological polar surface area (TPSA) is 111 Å². The van der Waals surface area contributed by atoms with Crippen LogP contribution in [0.2, 0.25) is 5.15 Å². The van der Waals surface area contributed by atoms with Crippen molar-refractivity contribution < 1.29 is 19.1 Å². The van der Waals surface area contributed by atoms with E-state index in [2.05, 4.69) is 10.3 Å². The number of aromatic nitrogens is 1. The third-order valence-corrected chi connectivity index (χ3v) is 4.13. The van der Waals surface area contributed by atoms with E-state index in [0.29, 0.717) is 16.3 Å². The quantitative estimate of drug-likeness (QED) is 0.622. The molecule has 0 spiro atoms. The van der Waals surface area contributed by atoms with Gasteiger partial charge >= 0.3 is 5.97 Å². The number of nitrogens with zero attached hydrogens (tertiary/aromatic N) is 1. The van der Waals surface area contributed by atoms with E-state index in [1.165, 1.54) is 6.07 Å². The van der Waals surface area contributed by atoms with Crippen LogP contribution in [-0.2, 0) is 9.53 Å². The molecule has 2 aromatic heterocycles. The molecule has 2 aromatic rings. The van der Waals surface area contributed by atoms with Crippen molar-refractivity contribution in [1.29, 1.82) is 0 Å². The van der Waals surface area contributed by atoms with Gasteiger partial charge in [0, 0.05) is 5.69 Å². The van der Waals surface area contributed by atoms with Crippen LogP contribution in [0.1, 0.15) is 32.0 Å². The van der Waals surface area contributed by atoms with E-state index in [1.54, 1.807) is 25.3 Å². The Morgan fingerprint density at radius 2 is 2.08 bits per heavy atom. The Balaban J connectivity index is 2.00. The first-order valence-electron chi connectivity index (χ1n) is 6.77. The first-order chi connectivity index (χ1) is 11.3. The number of anilines is 1. The molecule has 126 valence electrons. The summed E-state index contributed by atoms with van der Waals surface area (Å²) < 4.78 is 4.95. The number of rotatable bonds is 5. The first-order valence-corrected chi connectivity index (χ1v) is 8.03. The fourth-order valence-electron chi connectivity index (χ4n) is 2.00. The van der Waals surface area contributed by atoms with Crippen molar-refractivity contribution in [2.45, 2.75) is 13.8 Å². The molecule has 0 radical (unpaired) electrons. The predicted octanol–water partition coefficient (Wildman–Crippen LogP) is 2.31. The molecule has 2 rings (SSSR count). The molecule has 3 N–H and O–H groups in total. The van der Waals surface area contributed by atoms with Gasteiger partial charge in [0.1, 0.15) is 10.2 Å². The van der Waals surface area contributed by atoms with Crippen molar-refractivity contribution in [2.75, 3.05) is 11.9 Å². The molecule has 0 fully saturated rings. The number of nitrogens with two attached hydrogens (primary N) is 1. The summed E-state index contributed by atoms with van der Waals surface area (Å²) in [4.78, 5) is 39.1. The van der Waals surface area contributed by atoms with Gasteiger partial charge in [-0.25, -0.2) is 9.78 Å². The Hall–Kier alpha value is -2.45. The van der Waals surface area contributed by atoms with Crippen LogP contribution in [0.15, 0.2) is 17.5 Å². The van der Waals surface area contributed by atoms with Crippen LogP contribution >= 0.6 is 22.9 Å². The number of nitrogens with one attached hydrogen (secondary N) is 1. The Morgan fingerprint density at radius 1 is 1.38 bits per heavy atom. The molecule has 2 heterocycles. The van der Waals surface area contributed by atoms with Crippen molar-refractivity contribution in [3.8, 4) is 0 Å². The van der Waals surface area contributed by atoms with Gasteiger partial charge in [0.05, 0.1) is 11.1 Å². The lowest BCUT2D eigenvalue weighted by molar-refractivity contribution is -0.119. The van der Waals surface area contributed by atoms with E-state index in [0.717, 1.165) is 11.3 Å². The third kappa shape index (κ3) is 4.09. The van der Waals surface area contributed by atoms with Gasteiger partial charge in [-0.1, -0.05) is 11.6 Å². The van der Waals surface area contributed by atoms with E-state index < -0.39 is 24.4 Å². The van der Waals surface area contributed by atoms with Gasteiger partial charge in [-0.3, -0.25) is 9.59 Å². The lowest BCUT2D eigenvalue weighted by Gasteiger charge is -2.09. The van der Waals surface area contributed by atoms with Crippen molar-refractivity contribution in [3.05, 3.63) is 45.1 Å². The summed E-state index contributed by atoms with van der Waals surface area (Å²) in [5.41, 5.74) is 6.77. The molecule has 0 aromatic carbocycles. The molecule has 0 saturated heterocycles. The largest absolute Gasteiger partial charge is 0.452 e. The van der Waals surface area contributed by atoms with Crippen LogP contribution in [0, 0.1) is 13.8 Å². The lowest BCUT2D eigenvalue weighted by Crippen LogP contribution is -2.22. The third-order valence-electron chi connectivity index (χ3n) is 3.02. The monoisotopic (exact) mass is 367 g/mol. The average molecular weight is 368 g/mol. The van der Waals surface area contributed by atoms with Gasteiger partial charge in [0.2, 0.25) is 0 Å². The predicted molar refractivity (Wildman–Crippen MR) is 90.5 cm³/mol. The van der Waals surface area contributed by atoms with Crippen LogP contribution in [0.25, 0.3) is 0 Å². The highest BCUT2D eigenvalue weighted by Crippen LogP contribution is 2.23. The van der Waals surface area contributed by atoms with E-state index in [1.807, 2.05) is 0 Å². The fourth-order valence-corrected chi connectivity index (χ4v) is 3.17.